The second-order valence-corrected chi connectivity index (χ2v) is 6.02. The Labute approximate surface area is 154 Å². The van der Waals surface area contributed by atoms with Crippen molar-refractivity contribution in [3.63, 3.8) is 0 Å². The molecule has 0 unspecified atom stereocenters. The topological polar surface area (TPSA) is 69.0 Å². The molecule has 8 heteroatoms. The summed E-state index contributed by atoms with van der Waals surface area (Å²) in [5.41, 5.74) is 1.65. The lowest BCUT2D eigenvalue weighted by atomic mass is 10.2. The first-order valence-electron chi connectivity index (χ1n) is 7.35. The third kappa shape index (κ3) is 4.10. The first-order chi connectivity index (χ1) is 12.1. The summed E-state index contributed by atoms with van der Waals surface area (Å²) in [6.45, 7) is 0.525. The molecule has 0 radical (unpaired) electrons. The molecule has 0 aliphatic carbocycles. The molecule has 0 saturated carbocycles. The van der Waals surface area contributed by atoms with Crippen LogP contribution in [0.2, 0.25) is 10.0 Å². The lowest BCUT2D eigenvalue weighted by molar-refractivity contribution is 0.102. The van der Waals surface area contributed by atoms with Crippen LogP contribution in [0.5, 0.6) is 5.75 Å². The van der Waals surface area contributed by atoms with E-state index in [0.29, 0.717) is 28.0 Å². The fourth-order valence-electron chi connectivity index (χ4n) is 2.23. The lowest BCUT2D eigenvalue weighted by Crippen LogP contribution is -2.13. The van der Waals surface area contributed by atoms with Crippen LogP contribution in [0.1, 0.15) is 16.1 Å². The van der Waals surface area contributed by atoms with E-state index >= 15 is 0 Å². The first kappa shape index (κ1) is 17.3. The molecule has 128 valence electrons. The molecule has 0 bridgehead atoms. The molecule has 1 amide bonds. The van der Waals surface area contributed by atoms with Crippen LogP contribution in [0.25, 0.3) is 0 Å². The van der Waals surface area contributed by atoms with Gasteiger partial charge in [0.05, 0.1) is 35.6 Å². The van der Waals surface area contributed by atoms with E-state index in [-0.39, 0.29) is 5.69 Å². The molecule has 25 heavy (non-hydrogen) atoms. The van der Waals surface area contributed by atoms with Crippen molar-refractivity contribution in [2.24, 2.45) is 0 Å². The molecule has 1 aromatic heterocycles. The molecule has 0 spiro atoms. The summed E-state index contributed by atoms with van der Waals surface area (Å²) in [6.07, 6.45) is 1.58. The summed E-state index contributed by atoms with van der Waals surface area (Å²) < 4.78 is 6.80. The fraction of sp³-hybridized carbons (Fsp3) is 0.118. The molecule has 0 aliphatic rings. The number of carbonyl (C=O) groups excluding carboxylic acids is 1. The number of benzene rings is 2. The fourth-order valence-corrected chi connectivity index (χ4v) is 2.55. The van der Waals surface area contributed by atoms with Crippen molar-refractivity contribution in [3.8, 4) is 5.75 Å². The zero-order valence-corrected chi connectivity index (χ0v) is 14.8. The van der Waals surface area contributed by atoms with Crippen molar-refractivity contribution in [1.82, 2.24) is 15.0 Å². The number of carbonyl (C=O) groups is 1. The van der Waals surface area contributed by atoms with E-state index in [9.17, 15) is 4.79 Å². The Balaban J connectivity index is 1.75. The van der Waals surface area contributed by atoms with Crippen molar-refractivity contribution in [3.05, 3.63) is 70.0 Å². The summed E-state index contributed by atoms with van der Waals surface area (Å²) >= 11 is 11.9. The highest BCUT2D eigenvalue weighted by Gasteiger charge is 2.15. The van der Waals surface area contributed by atoms with Crippen molar-refractivity contribution < 1.29 is 9.53 Å². The SMILES string of the molecule is COc1cc(Cl)c(Cl)cc1NC(=O)c1cn(Cc2ccccc2)nn1. The third-order valence-corrected chi connectivity index (χ3v) is 4.17. The van der Waals surface area contributed by atoms with Crippen LogP contribution < -0.4 is 10.1 Å². The number of nitrogens with one attached hydrogen (secondary N) is 1. The Morgan fingerprint density at radius 1 is 1.20 bits per heavy atom. The van der Waals surface area contributed by atoms with Gasteiger partial charge >= 0.3 is 0 Å². The highest BCUT2D eigenvalue weighted by molar-refractivity contribution is 6.42. The smallest absolute Gasteiger partial charge is 0.277 e. The summed E-state index contributed by atoms with van der Waals surface area (Å²) in [5.74, 6) is -0.0181. The Hall–Kier alpha value is -2.57. The van der Waals surface area contributed by atoms with Gasteiger partial charge in [-0.15, -0.1) is 5.10 Å². The van der Waals surface area contributed by atoms with Gasteiger partial charge in [0.15, 0.2) is 5.69 Å². The van der Waals surface area contributed by atoms with Gasteiger partial charge in [-0.05, 0) is 11.6 Å². The van der Waals surface area contributed by atoms with E-state index in [1.54, 1.807) is 10.9 Å². The summed E-state index contributed by atoms with van der Waals surface area (Å²) in [6, 6.07) is 12.8. The Morgan fingerprint density at radius 2 is 1.92 bits per heavy atom. The van der Waals surface area contributed by atoms with Crippen molar-refractivity contribution in [2.45, 2.75) is 6.54 Å². The Morgan fingerprint density at radius 3 is 2.64 bits per heavy atom. The molecule has 0 fully saturated rings. The molecule has 3 aromatic rings. The number of rotatable bonds is 5. The summed E-state index contributed by atoms with van der Waals surface area (Å²) in [5, 5.41) is 11.2. The van der Waals surface area contributed by atoms with Gasteiger partial charge in [0.1, 0.15) is 5.75 Å². The van der Waals surface area contributed by atoms with E-state index < -0.39 is 5.91 Å². The van der Waals surface area contributed by atoms with Crippen LogP contribution in [0.3, 0.4) is 0 Å². The number of anilines is 1. The molecule has 0 atom stereocenters. The molecular formula is C17H14Cl2N4O2. The molecular weight excluding hydrogens is 363 g/mol. The van der Waals surface area contributed by atoms with Gasteiger partial charge in [-0.1, -0.05) is 58.7 Å². The van der Waals surface area contributed by atoms with Gasteiger partial charge in [0, 0.05) is 6.07 Å². The van der Waals surface area contributed by atoms with Gasteiger partial charge in [-0.3, -0.25) is 4.79 Å². The van der Waals surface area contributed by atoms with E-state index in [1.807, 2.05) is 30.3 Å². The normalized spacial score (nSPS) is 10.5. The molecule has 1 heterocycles. The standard InChI is InChI=1S/C17H14Cl2N4O2/c1-25-16-8-13(19)12(18)7-14(16)20-17(24)15-10-23(22-21-15)9-11-5-3-2-4-6-11/h2-8,10H,9H2,1H3,(H,20,24). The third-order valence-electron chi connectivity index (χ3n) is 3.45. The van der Waals surface area contributed by atoms with Crippen molar-refractivity contribution >= 4 is 34.8 Å². The highest BCUT2D eigenvalue weighted by atomic mass is 35.5. The second-order valence-electron chi connectivity index (χ2n) is 5.21. The minimum Gasteiger partial charge on any atom is -0.495 e. The van der Waals surface area contributed by atoms with E-state index in [4.69, 9.17) is 27.9 Å². The maximum absolute atomic E-state index is 12.4. The number of ether oxygens (including phenoxy) is 1. The van der Waals surface area contributed by atoms with Gasteiger partial charge in [-0.25, -0.2) is 4.68 Å². The maximum atomic E-state index is 12.4. The van der Waals surface area contributed by atoms with Crippen LogP contribution in [0.4, 0.5) is 5.69 Å². The number of hydrogen-bond donors (Lipinski definition) is 1. The predicted octanol–water partition coefficient (Wildman–Crippen LogP) is 3.89. The molecule has 1 N–H and O–H groups in total. The molecule has 0 aliphatic heterocycles. The monoisotopic (exact) mass is 376 g/mol. The van der Waals surface area contributed by atoms with Crippen LogP contribution in [0.15, 0.2) is 48.7 Å². The van der Waals surface area contributed by atoms with Crippen molar-refractivity contribution in [2.75, 3.05) is 12.4 Å². The van der Waals surface area contributed by atoms with Crippen LogP contribution in [-0.4, -0.2) is 28.0 Å². The maximum Gasteiger partial charge on any atom is 0.277 e. The minimum atomic E-state index is -0.420. The summed E-state index contributed by atoms with van der Waals surface area (Å²) in [7, 11) is 1.48. The molecule has 6 nitrogen and oxygen atoms in total. The average Bonchev–Trinajstić information content (AvgIpc) is 3.07. The van der Waals surface area contributed by atoms with E-state index in [1.165, 1.54) is 19.2 Å². The zero-order chi connectivity index (χ0) is 17.8. The molecule has 3 rings (SSSR count). The summed E-state index contributed by atoms with van der Waals surface area (Å²) in [4.78, 5) is 12.4. The zero-order valence-electron chi connectivity index (χ0n) is 13.2. The number of nitrogens with zero attached hydrogens (tertiary/aromatic N) is 3. The van der Waals surface area contributed by atoms with Gasteiger partial charge in [0.2, 0.25) is 0 Å². The first-order valence-corrected chi connectivity index (χ1v) is 8.11. The van der Waals surface area contributed by atoms with E-state index in [2.05, 4.69) is 15.6 Å². The average molecular weight is 377 g/mol. The van der Waals surface area contributed by atoms with Crippen LogP contribution in [0, 0.1) is 0 Å². The number of hydrogen-bond acceptors (Lipinski definition) is 4. The quantitative estimate of drug-likeness (QED) is 0.733. The van der Waals surface area contributed by atoms with Gasteiger partial charge in [-0.2, -0.15) is 0 Å². The number of aromatic nitrogens is 3. The van der Waals surface area contributed by atoms with Gasteiger partial charge < -0.3 is 10.1 Å². The Kier molecular flexibility index (Phi) is 5.21. The van der Waals surface area contributed by atoms with Crippen LogP contribution >= 0.6 is 23.2 Å². The second kappa shape index (κ2) is 7.55. The Bertz CT molecular complexity index is 897. The van der Waals surface area contributed by atoms with Gasteiger partial charge in [0.25, 0.3) is 5.91 Å². The number of amides is 1. The lowest BCUT2D eigenvalue weighted by Gasteiger charge is -2.10. The number of halogens is 2. The van der Waals surface area contributed by atoms with Crippen molar-refractivity contribution in [1.29, 1.82) is 0 Å². The molecule has 0 saturated heterocycles. The molecule has 2 aromatic carbocycles. The predicted molar refractivity (Wildman–Crippen MR) is 96.5 cm³/mol. The largest absolute Gasteiger partial charge is 0.495 e. The minimum absolute atomic E-state index is 0.184. The highest BCUT2D eigenvalue weighted by Crippen LogP contribution is 2.34. The van der Waals surface area contributed by atoms with Crippen LogP contribution in [-0.2, 0) is 6.54 Å². The number of methoxy groups -OCH3 is 1. The van der Waals surface area contributed by atoms with E-state index in [0.717, 1.165) is 5.56 Å².